The van der Waals surface area contributed by atoms with Crippen LogP contribution >= 0.6 is 0 Å². The number of benzene rings is 1. The smallest absolute Gasteiger partial charge is 0.451 e. The van der Waals surface area contributed by atoms with E-state index in [4.69, 9.17) is 4.42 Å². The highest BCUT2D eigenvalue weighted by molar-refractivity contribution is 5.99. The molecule has 2 atom stereocenters. The van der Waals surface area contributed by atoms with E-state index in [1.807, 2.05) is 5.32 Å². The number of anilines is 1. The van der Waals surface area contributed by atoms with Gasteiger partial charge in [0.15, 0.2) is 5.76 Å². The molecule has 1 aliphatic carbocycles. The van der Waals surface area contributed by atoms with Gasteiger partial charge in [-0.25, -0.2) is 13.6 Å². The highest BCUT2D eigenvalue weighted by atomic mass is 19.4. The van der Waals surface area contributed by atoms with Crippen LogP contribution in [-0.2, 0) is 14.4 Å². The summed E-state index contributed by atoms with van der Waals surface area (Å²) in [5.74, 6) is -4.20. The fourth-order valence-electron chi connectivity index (χ4n) is 5.13. The van der Waals surface area contributed by atoms with Crippen LogP contribution in [0.15, 0.2) is 28.7 Å². The molecule has 4 rings (SSSR count). The molecule has 0 spiro atoms. The summed E-state index contributed by atoms with van der Waals surface area (Å²) in [6.07, 6.45) is -2.86. The number of hydrogen-bond acceptors (Lipinski definition) is 6. The van der Waals surface area contributed by atoms with Crippen molar-refractivity contribution in [2.75, 3.05) is 18.4 Å². The zero-order valence-corrected chi connectivity index (χ0v) is 19.7. The van der Waals surface area contributed by atoms with Crippen molar-refractivity contribution in [1.82, 2.24) is 10.4 Å². The molecule has 2 amide bonds. The zero-order valence-electron chi connectivity index (χ0n) is 19.7. The third-order valence-electron chi connectivity index (χ3n) is 6.78. The lowest BCUT2D eigenvalue weighted by Crippen LogP contribution is -2.47. The highest BCUT2D eigenvalue weighted by Crippen LogP contribution is 2.40. The van der Waals surface area contributed by atoms with Gasteiger partial charge < -0.3 is 19.9 Å². The van der Waals surface area contributed by atoms with Crippen LogP contribution in [0.1, 0.15) is 49.1 Å². The zero-order chi connectivity index (χ0) is 26.7. The van der Waals surface area contributed by atoms with Crippen LogP contribution in [0.25, 0.3) is 11.0 Å². The van der Waals surface area contributed by atoms with E-state index in [2.05, 4.69) is 10.2 Å². The number of rotatable bonds is 7. The minimum Gasteiger partial charge on any atom is -0.451 e. The summed E-state index contributed by atoms with van der Waals surface area (Å²) in [7, 11) is 0. The third kappa shape index (κ3) is 6.38. The molecule has 2 fully saturated rings. The Bertz CT molecular complexity index is 1150. The number of hydroxylamine groups is 2. The van der Waals surface area contributed by atoms with E-state index in [0.29, 0.717) is 11.8 Å². The number of carbonyl (C=O) groups excluding carboxylic acids is 3. The van der Waals surface area contributed by atoms with E-state index in [9.17, 15) is 36.3 Å². The second-order valence-electron chi connectivity index (χ2n) is 9.27. The van der Waals surface area contributed by atoms with Crippen LogP contribution in [-0.4, -0.2) is 54.6 Å². The Morgan fingerprint density at radius 1 is 1.08 bits per heavy atom. The number of alkyl halides is 5. The normalized spacial score (nSPS) is 21.4. The molecule has 1 aromatic carbocycles. The predicted molar refractivity (Wildman–Crippen MR) is 121 cm³/mol. The Morgan fingerprint density at radius 3 is 2.49 bits per heavy atom. The van der Waals surface area contributed by atoms with Crippen LogP contribution in [0.3, 0.4) is 0 Å². The van der Waals surface area contributed by atoms with Crippen molar-refractivity contribution in [3.63, 3.8) is 0 Å². The van der Waals surface area contributed by atoms with E-state index in [0.717, 1.165) is 37.2 Å². The van der Waals surface area contributed by atoms with Crippen molar-refractivity contribution in [3.8, 4) is 0 Å². The van der Waals surface area contributed by atoms with Gasteiger partial charge in [0.05, 0.1) is 6.54 Å². The van der Waals surface area contributed by atoms with Crippen molar-refractivity contribution >= 4 is 34.4 Å². The molecule has 2 heterocycles. The molecule has 1 saturated heterocycles. The fourth-order valence-corrected chi connectivity index (χ4v) is 5.13. The average molecular weight is 531 g/mol. The van der Waals surface area contributed by atoms with Gasteiger partial charge in [-0.15, -0.1) is 5.06 Å². The van der Waals surface area contributed by atoms with Crippen molar-refractivity contribution in [2.24, 2.45) is 11.8 Å². The predicted octanol–water partition coefficient (Wildman–Crippen LogP) is 4.66. The van der Waals surface area contributed by atoms with Crippen molar-refractivity contribution < 1.29 is 45.6 Å². The first kappa shape index (κ1) is 26.8. The van der Waals surface area contributed by atoms with Gasteiger partial charge in [0.1, 0.15) is 11.6 Å². The molecule has 202 valence electrons. The van der Waals surface area contributed by atoms with Gasteiger partial charge in [-0.05, 0) is 42.5 Å². The summed E-state index contributed by atoms with van der Waals surface area (Å²) in [6.45, 7) is -0.838. The lowest BCUT2D eigenvalue weighted by atomic mass is 9.76. The SMILES string of the molecule is O=C(NCC(F)F)c1cc2cc(NC(=O)[C@@H]3[C@H](C4CCCCC4)CCN3OC(=O)C(F)(F)F)ccc2o1. The molecular weight excluding hydrogens is 505 g/mol. The van der Waals surface area contributed by atoms with Gasteiger partial charge in [0.25, 0.3) is 12.3 Å². The minimum atomic E-state index is -5.20. The second kappa shape index (κ2) is 11.0. The number of nitrogens with one attached hydrogen (secondary N) is 2. The van der Waals surface area contributed by atoms with E-state index < -0.39 is 43.0 Å². The quantitative estimate of drug-likeness (QED) is 0.505. The molecule has 2 aliphatic rings. The summed E-state index contributed by atoms with van der Waals surface area (Å²) < 4.78 is 68.6. The molecule has 0 bridgehead atoms. The molecule has 0 radical (unpaired) electrons. The van der Waals surface area contributed by atoms with Crippen molar-refractivity contribution in [2.45, 2.75) is 57.2 Å². The number of furan rings is 1. The molecule has 2 aromatic rings. The van der Waals surface area contributed by atoms with Crippen LogP contribution in [0.5, 0.6) is 0 Å². The molecule has 37 heavy (non-hydrogen) atoms. The first-order chi connectivity index (χ1) is 17.5. The Kier molecular flexibility index (Phi) is 8.00. The number of nitrogens with zero attached hydrogens (tertiary/aromatic N) is 1. The third-order valence-corrected chi connectivity index (χ3v) is 6.78. The van der Waals surface area contributed by atoms with E-state index in [1.54, 1.807) is 0 Å². The first-order valence-electron chi connectivity index (χ1n) is 12.0. The van der Waals surface area contributed by atoms with E-state index in [-0.39, 0.29) is 35.4 Å². The maximum absolute atomic E-state index is 13.3. The minimum absolute atomic E-state index is 0.00106. The summed E-state index contributed by atoms with van der Waals surface area (Å²) in [5.41, 5.74) is 0.538. The van der Waals surface area contributed by atoms with Crippen LogP contribution in [0, 0.1) is 11.8 Å². The maximum atomic E-state index is 13.3. The summed E-state index contributed by atoms with van der Waals surface area (Å²) in [5, 5.41) is 5.93. The number of halogens is 5. The Labute approximate surface area is 208 Å². The molecule has 1 aliphatic heterocycles. The highest BCUT2D eigenvalue weighted by Gasteiger charge is 2.49. The summed E-state index contributed by atoms with van der Waals surface area (Å²) in [4.78, 5) is 41.4. The van der Waals surface area contributed by atoms with Crippen molar-refractivity contribution in [3.05, 3.63) is 30.0 Å². The lowest BCUT2D eigenvalue weighted by molar-refractivity contribution is -0.241. The van der Waals surface area contributed by atoms with Crippen LogP contribution in [0.2, 0.25) is 0 Å². The number of hydrogen-bond donors (Lipinski definition) is 2. The average Bonchev–Trinajstić information content (AvgIpc) is 3.46. The molecule has 8 nitrogen and oxygen atoms in total. The van der Waals surface area contributed by atoms with Crippen LogP contribution in [0.4, 0.5) is 27.6 Å². The Hall–Kier alpha value is -3.22. The Morgan fingerprint density at radius 2 is 1.81 bits per heavy atom. The summed E-state index contributed by atoms with van der Waals surface area (Å²) >= 11 is 0. The molecule has 2 N–H and O–H groups in total. The van der Waals surface area contributed by atoms with Gasteiger partial charge in [-0.3, -0.25) is 9.59 Å². The van der Waals surface area contributed by atoms with Gasteiger partial charge in [-0.2, -0.15) is 13.2 Å². The first-order valence-corrected chi connectivity index (χ1v) is 12.0. The molecule has 1 aromatic heterocycles. The number of fused-ring (bicyclic) bond motifs is 1. The van der Waals surface area contributed by atoms with Gasteiger partial charge in [0, 0.05) is 17.6 Å². The van der Waals surface area contributed by atoms with E-state index in [1.165, 1.54) is 24.3 Å². The molecule has 1 saturated carbocycles. The standard InChI is InChI=1S/C24H26F5N3O5/c25-19(26)12-30-21(33)18-11-14-10-15(6-7-17(14)36-18)31-22(34)20-16(13-4-2-1-3-5-13)8-9-32(20)37-23(35)24(27,28)29/h6-7,10-11,13,16,19-20H,1-5,8-9,12H2,(H,30,33)(H,31,34)/t16-,20-/m0/s1. The fraction of sp³-hybridized carbons (Fsp3) is 0.542. The lowest BCUT2D eigenvalue weighted by Gasteiger charge is -2.32. The number of carbonyl (C=O) groups is 3. The second-order valence-corrected chi connectivity index (χ2v) is 9.27. The van der Waals surface area contributed by atoms with Crippen LogP contribution < -0.4 is 10.6 Å². The Balaban J connectivity index is 1.52. The molecular formula is C24H26F5N3O5. The summed E-state index contributed by atoms with van der Waals surface area (Å²) in [6, 6.07) is 4.64. The molecule has 0 unspecified atom stereocenters. The van der Waals surface area contributed by atoms with Gasteiger partial charge in [0.2, 0.25) is 5.91 Å². The monoisotopic (exact) mass is 531 g/mol. The van der Waals surface area contributed by atoms with E-state index >= 15 is 0 Å². The van der Waals surface area contributed by atoms with Gasteiger partial charge >= 0.3 is 12.1 Å². The molecule has 13 heteroatoms. The topological polar surface area (TPSA) is 101 Å². The largest absolute Gasteiger partial charge is 0.492 e. The van der Waals surface area contributed by atoms with Gasteiger partial charge in [-0.1, -0.05) is 32.1 Å². The number of amides is 2. The maximum Gasteiger partial charge on any atom is 0.492 e. The van der Waals surface area contributed by atoms with Crippen molar-refractivity contribution in [1.29, 1.82) is 0 Å².